The van der Waals surface area contributed by atoms with Crippen LogP contribution in [0.15, 0.2) is 0 Å². The van der Waals surface area contributed by atoms with E-state index in [1.165, 1.54) is 122 Å². The Labute approximate surface area is 346 Å². The van der Waals surface area contributed by atoms with Gasteiger partial charge in [-0.1, -0.05) is 168 Å². The molecule has 1 heterocycles. The van der Waals surface area contributed by atoms with Crippen LogP contribution in [0.3, 0.4) is 0 Å². The van der Waals surface area contributed by atoms with Crippen molar-refractivity contribution in [3.05, 3.63) is 0 Å². The van der Waals surface area contributed by atoms with Crippen LogP contribution in [0.4, 0.5) is 0 Å². The summed E-state index contributed by atoms with van der Waals surface area (Å²) in [6.45, 7) is 9.28. The molecule has 0 N–H and O–H groups in total. The number of amides is 1. The molecule has 1 aliphatic rings. The lowest BCUT2D eigenvalue weighted by molar-refractivity contribution is -0.149. The van der Waals surface area contributed by atoms with Crippen LogP contribution >= 0.6 is 0 Å². The number of ether oxygens (including phenoxy) is 3. The van der Waals surface area contributed by atoms with E-state index in [1.807, 2.05) is 7.05 Å². The van der Waals surface area contributed by atoms with E-state index in [2.05, 4.69) is 30.6 Å². The van der Waals surface area contributed by atoms with Crippen LogP contribution in [0.2, 0.25) is 0 Å². The van der Waals surface area contributed by atoms with Crippen molar-refractivity contribution in [3.8, 4) is 0 Å². The van der Waals surface area contributed by atoms with Crippen LogP contribution in [0, 0.1) is 0 Å². The Hall–Kier alpha value is -1.67. The molecular formula is C48H92N2O6. The third-order valence-electron chi connectivity index (χ3n) is 12.1. The molecule has 0 saturated carbocycles. The summed E-state index contributed by atoms with van der Waals surface area (Å²) in [5.41, 5.74) is 0. The van der Waals surface area contributed by atoms with Gasteiger partial charge in [0.05, 0.1) is 19.3 Å². The highest BCUT2D eigenvalue weighted by Gasteiger charge is 2.37. The van der Waals surface area contributed by atoms with E-state index in [0.29, 0.717) is 38.5 Å². The van der Waals surface area contributed by atoms with Crippen molar-refractivity contribution in [2.24, 2.45) is 0 Å². The average Bonchev–Trinajstić information content (AvgIpc) is 3.62. The Morgan fingerprint density at radius 1 is 0.571 bits per heavy atom. The summed E-state index contributed by atoms with van der Waals surface area (Å²) in [6, 6.07) is 0.102. The van der Waals surface area contributed by atoms with Crippen molar-refractivity contribution < 1.29 is 28.6 Å². The molecule has 0 bridgehead atoms. The number of carbonyl (C=O) groups is 3. The largest absolute Gasteiger partial charge is 0.466 e. The molecule has 8 heteroatoms. The molecule has 0 aromatic carbocycles. The number of likely N-dealkylation sites (tertiary alicyclic amines) is 1. The molecule has 0 aromatic heterocycles. The molecule has 0 spiro atoms. The molecule has 0 aliphatic carbocycles. The molecule has 2 atom stereocenters. The molecule has 1 saturated heterocycles. The number of esters is 2. The predicted molar refractivity (Wildman–Crippen MR) is 234 cm³/mol. The van der Waals surface area contributed by atoms with Gasteiger partial charge in [0, 0.05) is 46.0 Å². The summed E-state index contributed by atoms with van der Waals surface area (Å²) >= 11 is 0. The minimum absolute atomic E-state index is 0.0374. The maximum atomic E-state index is 13.2. The van der Waals surface area contributed by atoms with Gasteiger partial charge >= 0.3 is 11.9 Å². The van der Waals surface area contributed by atoms with Crippen molar-refractivity contribution in [1.82, 2.24) is 9.80 Å². The van der Waals surface area contributed by atoms with Gasteiger partial charge in [0.1, 0.15) is 6.04 Å². The first kappa shape index (κ1) is 52.3. The first-order valence-corrected chi connectivity index (χ1v) is 24.2. The van der Waals surface area contributed by atoms with E-state index >= 15 is 0 Å². The molecule has 1 rings (SSSR count). The molecule has 0 aromatic rings. The number of unbranched alkanes of at least 4 members (excludes halogenated alkanes) is 23. The normalized spacial score (nSPS) is 15.8. The van der Waals surface area contributed by atoms with Gasteiger partial charge in [0.2, 0.25) is 5.91 Å². The second-order valence-electron chi connectivity index (χ2n) is 17.1. The monoisotopic (exact) mass is 793 g/mol. The molecular weight excluding hydrogens is 701 g/mol. The molecule has 56 heavy (non-hydrogen) atoms. The van der Waals surface area contributed by atoms with Crippen LogP contribution in [0.25, 0.3) is 0 Å². The number of rotatable bonds is 40. The Kier molecular flexibility index (Phi) is 35.1. The summed E-state index contributed by atoms with van der Waals surface area (Å²) in [5, 5.41) is 0. The third-order valence-corrected chi connectivity index (χ3v) is 12.1. The minimum atomic E-state index is -0.268. The lowest BCUT2D eigenvalue weighted by Crippen LogP contribution is -2.38. The highest BCUT2D eigenvalue weighted by Crippen LogP contribution is 2.23. The lowest BCUT2D eigenvalue weighted by Gasteiger charge is -2.29. The second kappa shape index (κ2) is 37.6. The fourth-order valence-electron chi connectivity index (χ4n) is 8.19. The van der Waals surface area contributed by atoms with Crippen molar-refractivity contribution in [1.29, 1.82) is 0 Å². The van der Waals surface area contributed by atoms with Crippen molar-refractivity contribution in [2.75, 3.05) is 40.5 Å². The van der Waals surface area contributed by atoms with E-state index < -0.39 is 0 Å². The molecule has 2 unspecified atom stereocenters. The standard InChI is InChI=1S/C48H92N2O6/c1-6-9-12-15-18-19-20-24-32-39-55-47(52)37-30-26-31-38-50-42-44(54-5)41-45(50)48(53)56-40-33-25-23-29-36-46(51)49(4)43(34-27-21-16-13-10-7-2)35-28-22-17-14-11-8-3/h43-45H,6-42H2,1-5H3. The molecule has 330 valence electrons. The number of carbonyl (C=O) groups excluding carboxylic acids is 3. The number of hydrogen-bond acceptors (Lipinski definition) is 7. The van der Waals surface area contributed by atoms with Gasteiger partial charge in [0.15, 0.2) is 0 Å². The van der Waals surface area contributed by atoms with Crippen molar-refractivity contribution in [2.45, 2.75) is 251 Å². The van der Waals surface area contributed by atoms with E-state index in [-0.39, 0.29) is 30.0 Å². The zero-order valence-electron chi connectivity index (χ0n) is 37.7. The smallest absolute Gasteiger partial charge is 0.323 e. The lowest BCUT2D eigenvalue weighted by atomic mass is 9.98. The first-order valence-electron chi connectivity index (χ1n) is 24.2. The van der Waals surface area contributed by atoms with Crippen LogP contribution in [0.1, 0.15) is 233 Å². The van der Waals surface area contributed by atoms with Crippen molar-refractivity contribution in [3.63, 3.8) is 0 Å². The van der Waals surface area contributed by atoms with E-state index in [4.69, 9.17) is 14.2 Å². The van der Waals surface area contributed by atoms with Crippen LogP contribution in [0.5, 0.6) is 0 Å². The maximum Gasteiger partial charge on any atom is 0.323 e. The second-order valence-corrected chi connectivity index (χ2v) is 17.1. The summed E-state index contributed by atoms with van der Waals surface area (Å²) in [4.78, 5) is 42.8. The summed E-state index contributed by atoms with van der Waals surface area (Å²) in [5.74, 6) is 0.0525. The Bertz CT molecular complexity index is 915. The number of methoxy groups -OCH3 is 1. The zero-order chi connectivity index (χ0) is 40.9. The zero-order valence-corrected chi connectivity index (χ0v) is 37.7. The van der Waals surface area contributed by atoms with Gasteiger partial charge in [-0.25, -0.2) is 0 Å². The van der Waals surface area contributed by atoms with E-state index in [0.717, 1.165) is 83.7 Å². The predicted octanol–water partition coefficient (Wildman–Crippen LogP) is 12.5. The summed E-state index contributed by atoms with van der Waals surface area (Å²) in [6.07, 6.45) is 37.2. The molecule has 1 fully saturated rings. The summed E-state index contributed by atoms with van der Waals surface area (Å²) in [7, 11) is 3.75. The minimum Gasteiger partial charge on any atom is -0.466 e. The van der Waals surface area contributed by atoms with Crippen LogP contribution in [-0.2, 0) is 28.6 Å². The van der Waals surface area contributed by atoms with Crippen LogP contribution in [-0.4, -0.2) is 86.3 Å². The number of hydrogen-bond donors (Lipinski definition) is 0. The fourth-order valence-corrected chi connectivity index (χ4v) is 8.19. The molecule has 1 aliphatic heterocycles. The van der Waals surface area contributed by atoms with E-state index in [9.17, 15) is 14.4 Å². The van der Waals surface area contributed by atoms with Gasteiger partial charge in [-0.3, -0.25) is 19.3 Å². The van der Waals surface area contributed by atoms with E-state index in [1.54, 1.807) is 7.11 Å². The van der Waals surface area contributed by atoms with Gasteiger partial charge in [-0.15, -0.1) is 0 Å². The van der Waals surface area contributed by atoms with Crippen LogP contribution < -0.4 is 0 Å². The highest BCUT2D eigenvalue weighted by molar-refractivity contribution is 5.76. The SMILES string of the molecule is CCCCCCCCCCCOC(=O)CCCCCN1CC(OC)CC1C(=O)OCCCCCCC(=O)N(C)C(CCCCCCCC)CCCCCCCC. The maximum absolute atomic E-state index is 13.2. The summed E-state index contributed by atoms with van der Waals surface area (Å²) < 4.78 is 16.8. The Morgan fingerprint density at radius 2 is 1.02 bits per heavy atom. The quantitative estimate of drug-likeness (QED) is 0.0451. The fraction of sp³-hybridized carbons (Fsp3) is 0.938. The number of nitrogens with zero attached hydrogens (tertiary/aromatic N) is 2. The topological polar surface area (TPSA) is 85.4 Å². The average molecular weight is 793 g/mol. The molecule has 0 radical (unpaired) electrons. The Morgan fingerprint density at radius 3 is 1.55 bits per heavy atom. The highest BCUT2D eigenvalue weighted by atomic mass is 16.5. The van der Waals surface area contributed by atoms with Gasteiger partial charge in [0.25, 0.3) is 0 Å². The Balaban J connectivity index is 2.25. The third kappa shape index (κ3) is 27.9. The first-order chi connectivity index (χ1) is 27.4. The van der Waals surface area contributed by atoms with Gasteiger partial charge in [-0.05, 0) is 51.5 Å². The molecule has 1 amide bonds. The molecule has 8 nitrogen and oxygen atoms in total. The van der Waals surface area contributed by atoms with Gasteiger partial charge < -0.3 is 19.1 Å². The van der Waals surface area contributed by atoms with Gasteiger partial charge in [-0.2, -0.15) is 0 Å². The van der Waals surface area contributed by atoms with Crippen molar-refractivity contribution >= 4 is 17.8 Å².